The summed E-state index contributed by atoms with van der Waals surface area (Å²) in [5.41, 5.74) is 1.24. The maximum atomic E-state index is 12.3. The molecule has 1 aromatic carbocycles. The van der Waals surface area contributed by atoms with Gasteiger partial charge in [0.2, 0.25) is 0 Å². The summed E-state index contributed by atoms with van der Waals surface area (Å²) >= 11 is 0. The number of carbonyl (C=O) groups is 1. The number of amides is 1. The van der Waals surface area contributed by atoms with Crippen LogP contribution in [-0.2, 0) is 4.74 Å². The number of para-hydroxylation sites is 1. The van der Waals surface area contributed by atoms with Crippen LogP contribution in [-0.4, -0.2) is 54.7 Å². The first-order valence-corrected chi connectivity index (χ1v) is 6.43. The molecule has 0 unspecified atom stereocenters. The molecule has 2 rings (SSSR count). The van der Waals surface area contributed by atoms with Gasteiger partial charge in [0.15, 0.2) is 0 Å². The normalized spacial score (nSPS) is 26.1. The molecule has 0 aromatic heterocycles. The lowest BCUT2D eigenvalue weighted by molar-refractivity contribution is -0.102. The molecule has 1 amide bonds. The smallest absolute Gasteiger partial charge is 0.255 e. The van der Waals surface area contributed by atoms with E-state index in [1.807, 2.05) is 13.0 Å². The first kappa shape index (κ1) is 14.8. The second kappa shape index (κ2) is 6.21. The van der Waals surface area contributed by atoms with Gasteiger partial charge in [-0.3, -0.25) is 4.79 Å². The van der Waals surface area contributed by atoms with Gasteiger partial charge in [-0.25, -0.2) is 0 Å². The Balaban J connectivity index is 2.14. The lowest BCUT2D eigenvalue weighted by Crippen LogP contribution is -2.55. The molecule has 6 heteroatoms. The summed E-state index contributed by atoms with van der Waals surface area (Å²) in [6, 6.07) is 4.61. The molecular weight excluding hydrogens is 262 g/mol. The second-order valence-electron chi connectivity index (χ2n) is 4.83. The molecule has 0 spiro atoms. The zero-order valence-electron chi connectivity index (χ0n) is 11.5. The topological polar surface area (TPSA) is 88.0 Å². The maximum Gasteiger partial charge on any atom is 0.255 e. The molecule has 20 heavy (non-hydrogen) atoms. The van der Waals surface area contributed by atoms with E-state index in [1.165, 1.54) is 7.11 Å². The Labute approximate surface area is 117 Å². The van der Waals surface area contributed by atoms with Crippen LogP contribution in [0, 0.1) is 6.92 Å². The van der Waals surface area contributed by atoms with Crippen LogP contribution in [0.15, 0.2) is 18.2 Å². The molecular formula is C14H19NO5. The minimum atomic E-state index is -1.04. The Morgan fingerprint density at radius 3 is 2.85 bits per heavy atom. The Morgan fingerprint density at radius 2 is 2.15 bits per heavy atom. The minimum Gasteiger partial charge on any atom is -0.496 e. The summed E-state index contributed by atoms with van der Waals surface area (Å²) in [6.45, 7) is 2.08. The van der Waals surface area contributed by atoms with Crippen molar-refractivity contribution in [1.82, 2.24) is 5.32 Å². The predicted octanol–water partition coefficient (Wildman–Crippen LogP) is -0.146. The SMILES string of the molecule is COc1c(C)cccc1C(=O)N[C@@H]1COC[C@@H](O)[C@H]1O. The number of ether oxygens (including phenoxy) is 2. The third kappa shape index (κ3) is 2.92. The molecule has 110 valence electrons. The fraction of sp³-hybridized carbons (Fsp3) is 0.500. The number of hydrogen-bond acceptors (Lipinski definition) is 5. The number of hydrogen-bond donors (Lipinski definition) is 3. The fourth-order valence-electron chi connectivity index (χ4n) is 2.26. The van der Waals surface area contributed by atoms with E-state index in [0.29, 0.717) is 11.3 Å². The highest BCUT2D eigenvalue weighted by molar-refractivity contribution is 5.97. The van der Waals surface area contributed by atoms with Crippen LogP contribution in [0.2, 0.25) is 0 Å². The summed E-state index contributed by atoms with van der Waals surface area (Å²) in [6.07, 6.45) is -2.03. The second-order valence-corrected chi connectivity index (χ2v) is 4.83. The maximum absolute atomic E-state index is 12.3. The van der Waals surface area contributed by atoms with Gasteiger partial charge in [0.1, 0.15) is 18.0 Å². The van der Waals surface area contributed by atoms with Crippen molar-refractivity contribution in [3.05, 3.63) is 29.3 Å². The van der Waals surface area contributed by atoms with E-state index in [4.69, 9.17) is 9.47 Å². The van der Waals surface area contributed by atoms with Crippen LogP contribution < -0.4 is 10.1 Å². The molecule has 1 saturated heterocycles. The largest absolute Gasteiger partial charge is 0.496 e. The van der Waals surface area contributed by atoms with Gasteiger partial charge in [-0.15, -0.1) is 0 Å². The van der Waals surface area contributed by atoms with E-state index in [0.717, 1.165) is 5.56 Å². The third-order valence-corrected chi connectivity index (χ3v) is 3.37. The van der Waals surface area contributed by atoms with Crippen LogP contribution in [0.25, 0.3) is 0 Å². The van der Waals surface area contributed by atoms with E-state index in [1.54, 1.807) is 12.1 Å². The molecule has 3 N–H and O–H groups in total. The van der Waals surface area contributed by atoms with Crippen molar-refractivity contribution in [2.24, 2.45) is 0 Å². The standard InChI is InChI=1S/C14H19NO5/c1-8-4-3-5-9(13(8)19-2)14(18)15-10-6-20-7-11(16)12(10)17/h3-5,10-12,16-17H,6-7H2,1-2H3,(H,15,18)/t10-,11-,12+/m1/s1. The van der Waals surface area contributed by atoms with Crippen molar-refractivity contribution < 1.29 is 24.5 Å². The molecule has 6 nitrogen and oxygen atoms in total. The average Bonchev–Trinajstić information content (AvgIpc) is 2.43. The lowest BCUT2D eigenvalue weighted by Gasteiger charge is -2.32. The number of benzene rings is 1. The zero-order valence-corrected chi connectivity index (χ0v) is 11.5. The van der Waals surface area contributed by atoms with Crippen molar-refractivity contribution in [1.29, 1.82) is 0 Å². The average molecular weight is 281 g/mol. The van der Waals surface area contributed by atoms with E-state index < -0.39 is 18.2 Å². The van der Waals surface area contributed by atoms with Gasteiger partial charge in [0.05, 0.1) is 31.9 Å². The van der Waals surface area contributed by atoms with Gasteiger partial charge in [-0.2, -0.15) is 0 Å². The van der Waals surface area contributed by atoms with Crippen LogP contribution in [0.1, 0.15) is 15.9 Å². The van der Waals surface area contributed by atoms with Crippen LogP contribution in [0.3, 0.4) is 0 Å². The number of methoxy groups -OCH3 is 1. The van der Waals surface area contributed by atoms with Gasteiger partial charge in [-0.1, -0.05) is 12.1 Å². The van der Waals surface area contributed by atoms with Crippen molar-refractivity contribution >= 4 is 5.91 Å². The number of aliphatic hydroxyl groups is 2. The van der Waals surface area contributed by atoms with Gasteiger partial charge in [-0.05, 0) is 18.6 Å². The summed E-state index contributed by atoms with van der Waals surface area (Å²) in [5.74, 6) is 0.129. The van der Waals surface area contributed by atoms with Gasteiger partial charge >= 0.3 is 0 Å². The quantitative estimate of drug-likeness (QED) is 0.717. The Hall–Kier alpha value is -1.63. The molecule has 1 fully saturated rings. The van der Waals surface area contributed by atoms with E-state index in [2.05, 4.69) is 5.32 Å². The molecule has 0 aliphatic carbocycles. The highest BCUT2D eigenvalue weighted by Crippen LogP contribution is 2.23. The van der Waals surface area contributed by atoms with Gasteiger partial charge < -0.3 is 25.0 Å². The molecule has 1 aromatic rings. The summed E-state index contributed by atoms with van der Waals surface area (Å²) < 4.78 is 10.4. The first-order valence-electron chi connectivity index (χ1n) is 6.43. The Morgan fingerprint density at radius 1 is 1.40 bits per heavy atom. The summed E-state index contributed by atoms with van der Waals surface area (Å²) in [4.78, 5) is 12.3. The van der Waals surface area contributed by atoms with Gasteiger partial charge in [0, 0.05) is 0 Å². The van der Waals surface area contributed by atoms with Crippen LogP contribution in [0.4, 0.5) is 0 Å². The van der Waals surface area contributed by atoms with Crippen LogP contribution in [0.5, 0.6) is 5.75 Å². The zero-order chi connectivity index (χ0) is 14.7. The van der Waals surface area contributed by atoms with Gasteiger partial charge in [0.25, 0.3) is 5.91 Å². The van der Waals surface area contributed by atoms with Crippen molar-refractivity contribution in [2.75, 3.05) is 20.3 Å². The summed E-state index contributed by atoms with van der Waals surface area (Å²) in [7, 11) is 1.50. The minimum absolute atomic E-state index is 0.0707. The number of rotatable bonds is 3. The number of carbonyl (C=O) groups excluding carboxylic acids is 1. The third-order valence-electron chi connectivity index (χ3n) is 3.37. The molecule has 1 aliphatic rings. The highest BCUT2D eigenvalue weighted by atomic mass is 16.5. The monoisotopic (exact) mass is 281 g/mol. The van der Waals surface area contributed by atoms with E-state index in [-0.39, 0.29) is 19.1 Å². The van der Waals surface area contributed by atoms with Crippen molar-refractivity contribution in [2.45, 2.75) is 25.2 Å². The number of nitrogens with one attached hydrogen (secondary N) is 1. The molecule has 0 radical (unpaired) electrons. The first-order chi connectivity index (χ1) is 9.54. The van der Waals surface area contributed by atoms with Crippen molar-refractivity contribution in [3.8, 4) is 5.75 Å². The number of aryl methyl sites for hydroxylation is 1. The lowest BCUT2D eigenvalue weighted by atomic mass is 10.0. The highest BCUT2D eigenvalue weighted by Gasteiger charge is 2.32. The van der Waals surface area contributed by atoms with Crippen molar-refractivity contribution in [3.63, 3.8) is 0 Å². The molecule has 0 bridgehead atoms. The van der Waals surface area contributed by atoms with Crippen LogP contribution >= 0.6 is 0 Å². The fourth-order valence-corrected chi connectivity index (χ4v) is 2.26. The molecule has 0 saturated carbocycles. The molecule has 1 aliphatic heterocycles. The predicted molar refractivity (Wildman–Crippen MR) is 71.8 cm³/mol. The van der Waals surface area contributed by atoms with E-state index in [9.17, 15) is 15.0 Å². The number of aliphatic hydroxyl groups excluding tert-OH is 2. The van der Waals surface area contributed by atoms with E-state index >= 15 is 0 Å². The molecule has 3 atom stereocenters. The Bertz CT molecular complexity index is 490. The summed E-state index contributed by atoms with van der Waals surface area (Å²) in [5, 5.41) is 22.0. The Kier molecular flexibility index (Phi) is 4.59. The molecule has 1 heterocycles.